The highest BCUT2D eigenvalue weighted by molar-refractivity contribution is 7.98. The van der Waals surface area contributed by atoms with Crippen LogP contribution in [0.5, 0.6) is 0 Å². The molecule has 3 aromatic heterocycles. The maximum absolute atomic E-state index is 13.4. The molecule has 0 radical (unpaired) electrons. The van der Waals surface area contributed by atoms with Crippen molar-refractivity contribution in [1.29, 1.82) is 0 Å². The predicted octanol–water partition coefficient (Wildman–Crippen LogP) is 5.24. The average molecular weight is 417 g/mol. The van der Waals surface area contributed by atoms with Crippen molar-refractivity contribution in [2.75, 3.05) is 11.6 Å². The van der Waals surface area contributed by atoms with E-state index < -0.39 is 0 Å². The van der Waals surface area contributed by atoms with Crippen LogP contribution in [0, 0.1) is 12.7 Å². The van der Waals surface area contributed by atoms with E-state index in [9.17, 15) is 9.18 Å². The van der Waals surface area contributed by atoms with Gasteiger partial charge in [0.25, 0.3) is 5.91 Å². The Bertz CT molecular complexity index is 1140. The van der Waals surface area contributed by atoms with E-state index in [4.69, 9.17) is 0 Å². The molecule has 136 valence electrons. The molecule has 1 amide bonds. The van der Waals surface area contributed by atoms with Crippen molar-refractivity contribution in [3.05, 3.63) is 52.8 Å². The number of benzene rings is 1. The first kappa shape index (κ1) is 18.0. The zero-order valence-corrected chi connectivity index (χ0v) is 16.8. The van der Waals surface area contributed by atoms with Gasteiger partial charge in [0.05, 0.1) is 26.4 Å². The van der Waals surface area contributed by atoms with Gasteiger partial charge in [-0.15, -0.1) is 23.1 Å². The smallest absolute Gasteiger partial charge is 0.262 e. The van der Waals surface area contributed by atoms with E-state index in [1.165, 1.54) is 35.2 Å². The Morgan fingerprint density at radius 1 is 1.22 bits per heavy atom. The van der Waals surface area contributed by atoms with Crippen molar-refractivity contribution in [2.45, 2.75) is 11.9 Å². The first-order valence-corrected chi connectivity index (χ1v) is 10.8. The van der Waals surface area contributed by atoms with Crippen molar-refractivity contribution in [3.63, 3.8) is 0 Å². The topological polar surface area (TPSA) is 67.8 Å². The Labute approximate surface area is 166 Å². The second-order valence-electron chi connectivity index (χ2n) is 5.58. The van der Waals surface area contributed by atoms with Crippen LogP contribution in [-0.2, 0) is 0 Å². The lowest BCUT2D eigenvalue weighted by atomic mass is 10.2. The van der Waals surface area contributed by atoms with Gasteiger partial charge in [-0.1, -0.05) is 17.4 Å². The van der Waals surface area contributed by atoms with Crippen LogP contribution in [-0.4, -0.2) is 27.1 Å². The van der Waals surface area contributed by atoms with E-state index in [1.807, 2.05) is 23.8 Å². The standard InChI is InChI=1S/C18H13FN4OS3/c1-9-14(17(25-2)22-15(20-9)12-4-3-7-26-12)16(24)23-18-21-11-6-5-10(19)8-13(11)27-18/h3-8H,1-2H3,(H,21,23,24). The second kappa shape index (κ2) is 7.34. The van der Waals surface area contributed by atoms with Gasteiger partial charge in [0.1, 0.15) is 10.8 Å². The molecule has 0 aliphatic carbocycles. The van der Waals surface area contributed by atoms with Crippen LogP contribution in [0.2, 0.25) is 0 Å². The lowest BCUT2D eigenvalue weighted by molar-refractivity contribution is 0.102. The number of carbonyl (C=O) groups is 1. The molecule has 5 nitrogen and oxygen atoms in total. The number of nitrogens with one attached hydrogen (secondary N) is 1. The number of nitrogens with zero attached hydrogens (tertiary/aromatic N) is 3. The van der Waals surface area contributed by atoms with Crippen LogP contribution in [0.4, 0.5) is 9.52 Å². The summed E-state index contributed by atoms with van der Waals surface area (Å²) in [5, 5.41) is 5.77. The summed E-state index contributed by atoms with van der Waals surface area (Å²) in [5.74, 6) is -0.0462. The summed E-state index contributed by atoms with van der Waals surface area (Å²) < 4.78 is 14.0. The molecule has 1 aromatic carbocycles. The minimum absolute atomic E-state index is 0.325. The highest BCUT2D eigenvalue weighted by Crippen LogP contribution is 2.30. The van der Waals surface area contributed by atoms with Gasteiger partial charge < -0.3 is 0 Å². The van der Waals surface area contributed by atoms with Gasteiger partial charge in [-0.3, -0.25) is 10.1 Å². The van der Waals surface area contributed by atoms with Crippen LogP contribution in [0.15, 0.2) is 40.7 Å². The average Bonchev–Trinajstić information content (AvgIpc) is 3.29. The summed E-state index contributed by atoms with van der Waals surface area (Å²) in [6.07, 6.45) is 1.87. The Kier molecular flexibility index (Phi) is 4.90. The zero-order chi connectivity index (χ0) is 19.0. The molecule has 4 rings (SSSR count). The number of anilines is 1. The first-order chi connectivity index (χ1) is 13.0. The number of carbonyl (C=O) groups excluding carboxylic acids is 1. The van der Waals surface area contributed by atoms with Crippen LogP contribution in [0.3, 0.4) is 0 Å². The number of fused-ring (bicyclic) bond motifs is 1. The van der Waals surface area contributed by atoms with Gasteiger partial charge >= 0.3 is 0 Å². The number of halogens is 1. The van der Waals surface area contributed by atoms with E-state index in [2.05, 4.69) is 20.3 Å². The summed E-state index contributed by atoms with van der Waals surface area (Å²) in [7, 11) is 0. The molecule has 1 N–H and O–H groups in total. The Hall–Kier alpha value is -2.36. The molecule has 4 aromatic rings. The molecule has 0 aliphatic rings. The number of hydrogen-bond acceptors (Lipinski definition) is 7. The Balaban J connectivity index is 1.68. The van der Waals surface area contributed by atoms with Crippen LogP contribution in [0.1, 0.15) is 16.1 Å². The van der Waals surface area contributed by atoms with Crippen LogP contribution >= 0.6 is 34.4 Å². The van der Waals surface area contributed by atoms with Gasteiger partial charge in [-0.05, 0) is 42.8 Å². The molecule has 0 spiro atoms. The number of amides is 1. The third-order valence-electron chi connectivity index (χ3n) is 3.79. The second-order valence-corrected chi connectivity index (χ2v) is 8.35. The third kappa shape index (κ3) is 3.58. The lowest BCUT2D eigenvalue weighted by Crippen LogP contribution is -2.16. The quantitative estimate of drug-likeness (QED) is 0.364. The maximum atomic E-state index is 13.4. The van der Waals surface area contributed by atoms with Crippen molar-refractivity contribution >= 4 is 55.7 Å². The monoisotopic (exact) mass is 416 g/mol. The number of thiazole rings is 1. The number of thioether (sulfide) groups is 1. The molecule has 0 unspecified atom stereocenters. The number of thiophene rings is 1. The maximum Gasteiger partial charge on any atom is 0.262 e. The fourth-order valence-corrected chi connectivity index (χ4v) is 4.75. The van der Waals surface area contributed by atoms with Crippen molar-refractivity contribution < 1.29 is 9.18 Å². The molecular formula is C18H13FN4OS3. The fraction of sp³-hybridized carbons (Fsp3) is 0.111. The molecule has 0 atom stereocenters. The van der Waals surface area contributed by atoms with Gasteiger partial charge in [-0.2, -0.15) is 0 Å². The highest BCUT2D eigenvalue weighted by Gasteiger charge is 2.20. The summed E-state index contributed by atoms with van der Waals surface area (Å²) in [6, 6.07) is 8.23. The summed E-state index contributed by atoms with van der Waals surface area (Å²) in [4.78, 5) is 27.2. The van der Waals surface area contributed by atoms with Crippen LogP contribution < -0.4 is 5.32 Å². The fourth-order valence-electron chi connectivity index (χ4n) is 2.58. The summed E-state index contributed by atoms with van der Waals surface area (Å²) in [5.41, 5.74) is 1.67. The van der Waals surface area contributed by atoms with E-state index >= 15 is 0 Å². The van der Waals surface area contributed by atoms with E-state index in [1.54, 1.807) is 24.3 Å². The number of hydrogen-bond donors (Lipinski definition) is 1. The number of aromatic nitrogens is 3. The normalized spacial score (nSPS) is 11.1. The van der Waals surface area contributed by atoms with Gasteiger partial charge in [-0.25, -0.2) is 19.3 Å². The summed E-state index contributed by atoms with van der Waals surface area (Å²) in [6.45, 7) is 1.79. The Morgan fingerprint density at radius 3 is 2.81 bits per heavy atom. The van der Waals surface area contributed by atoms with E-state index in [-0.39, 0.29) is 11.7 Å². The summed E-state index contributed by atoms with van der Waals surface area (Å²) >= 11 is 4.17. The van der Waals surface area contributed by atoms with Crippen molar-refractivity contribution in [2.24, 2.45) is 0 Å². The molecule has 0 saturated heterocycles. The van der Waals surface area contributed by atoms with Crippen LogP contribution in [0.25, 0.3) is 20.9 Å². The van der Waals surface area contributed by atoms with E-state index in [0.29, 0.717) is 37.5 Å². The molecule has 0 fully saturated rings. The van der Waals surface area contributed by atoms with Gasteiger partial charge in [0, 0.05) is 0 Å². The molecule has 3 heterocycles. The first-order valence-electron chi connectivity index (χ1n) is 7.89. The molecule has 0 saturated carbocycles. The van der Waals surface area contributed by atoms with Gasteiger partial charge in [0.15, 0.2) is 11.0 Å². The number of rotatable bonds is 4. The highest BCUT2D eigenvalue weighted by atomic mass is 32.2. The molecule has 0 bridgehead atoms. The number of aryl methyl sites for hydroxylation is 1. The van der Waals surface area contributed by atoms with Crippen molar-refractivity contribution in [3.8, 4) is 10.7 Å². The Morgan fingerprint density at radius 2 is 2.07 bits per heavy atom. The lowest BCUT2D eigenvalue weighted by Gasteiger charge is -2.10. The minimum Gasteiger partial charge on any atom is -0.298 e. The molecule has 9 heteroatoms. The SMILES string of the molecule is CSc1nc(-c2cccs2)nc(C)c1C(=O)Nc1nc2ccc(F)cc2s1. The zero-order valence-electron chi connectivity index (χ0n) is 14.3. The third-order valence-corrected chi connectivity index (χ3v) is 6.27. The molecular weight excluding hydrogens is 403 g/mol. The molecule has 0 aliphatic heterocycles. The molecule has 27 heavy (non-hydrogen) atoms. The largest absolute Gasteiger partial charge is 0.298 e. The minimum atomic E-state index is -0.331. The van der Waals surface area contributed by atoms with Crippen molar-refractivity contribution in [1.82, 2.24) is 15.0 Å². The van der Waals surface area contributed by atoms with E-state index in [0.717, 1.165) is 4.88 Å². The predicted molar refractivity (Wildman–Crippen MR) is 109 cm³/mol. The van der Waals surface area contributed by atoms with Gasteiger partial charge in [0.2, 0.25) is 0 Å².